The normalized spacial score (nSPS) is 13.7. The molecule has 2 N–H and O–H groups in total. The topological polar surface area (TPSA) is 70.6 Å². The first kappa shape index (κ1) is 16.2. The fourth-order valence-electron chi connectivity index (χ4n) is 2.11. The quantitative estimate of drug-likeness (QED) is 0.646. The highest BCUT2D eigenvalue weighted by molar-refractivity contribution is 6.30. The molecule has 2 amide bonds. The maximum Gasteiger partial charge on any atom is 0.255 e. The lowest BCUT2D eigenvalue weighted by atomic mass is 10.2. The van der Waals surface area contributed by atoms with Gasteiger partial charge < -0.3 is 5.32 Å². The molecule has 0 saturated heterocycles. The second kappa shape index (κ2) is 7.27. The summed E-state index contributed by atoms with van der Waals surface area (Å²) in [6.45, 7) is 0. The molecule has 1 fully saturated rings. The molecule has 122 valence electrons. The lowest BCUT2D eigenvalue weighted by molar-refractivity contribution is -0.122. The van der Waals surface area contributed by atoms with Crippen molar-refractivity contribution in [3.05, 3.63) is 64.7 Å². The number of benzene rings is 2. The molecule has 0 aliphatic heterocycles. The summed E-state index contributed by atoms with van der Waals surface area (Å²) in [4.78, 5) is 23.7. The lowest BCUT2D eigenvalue weighted by Crippen LogP contribution is -2.19. The lowest BCUT2D eigenvalue weighted by Gasteiger charge is -2.06. The van der Waals surface area contributed by atoms with Crippen LogP contribution in [0.25, 0.3) is 0 Å². The summed E-state index contributed by atoms with van der Waals surface area (Å²) in [6.07, 6.45) is 3.43. The largest absolute Gasteiger partial charge is 0.322 e. The van der Waals surface area contributed by atoms with Gasteiger partial charge in [-0.05, 0) is 54.8 Å². The van der Waals surface area contributed by atoms with Crippen LogP contribution in [0.5, 0.6) is 0 Å². The van der Waals surface area contributed by atoms with Crippen LogP contribution in [-0.2, 0) is 4.79 Å². The van der Waals surface area contributed by atoms with Crippen LogP contribution in [0, 0.1) is 5.92 Å². The van der Waals surface area contributed by atoms with Crippen molar-refractivity contribution in [2.45, 2.75) is 12.8 Å². The van der Waals surface area contributed by atoms with Crippen LogP contribution in [0.2, 0.25) is 5.02 Å². The Bertz CT molecular complexity index is 783. The van der Waals surface area contributed by atoms with Gasteiger partial charge in [-0.25, -0.2) is 5.43 Å². The first-order valence-corrected chi connectivity index (χ1v) is 7.99. The summed E-state index contributed by atoms with van der Waals surface area (Å²) >= 11 is 5.82. The van der Waals surface area contributed by atoms with Crippen LogP contribution in [0.3, 0.4) is 0 Å². The predicted molar refractivity (Wildman–Crippen MR) is 94.3 cm³/mol. The van der Waals surface area contributed by atoms with Crippen LogP contribution in [0.1, 0.15) is 28.8 Å². The van der Waals surface area contributed by atoms with E-state index in [1.807, 2.05) is 12.1 Å². The van der Waals surface area contributed by atoms with Crippen molar-refractivity contribution >= 4 is 35.3 Å². The Balaban J connectivity index is 1.61. The van der Waals surface area contributed by atoms with Gasteiger partial charge in [-0.15, -0.1) is 0 Å². The minimum Gasteiger partial charge on any atom is -0.322 e. The third-order valence-corrected chi connectivity index (χ3v) is 3.84. The highest BCUT2D eigenvalue weighted by Crippen LogP contribution is 2.28. The Labute approximate surface area is 144 Å². The maximum atomic E-state index is 12.2. The summed E-state index contributed by atoms with van der Waals surface area (Å²) < 4.78 is 0. The molecule has 24 heavy (non-hydrogen) atoms. The Kier molecular flexibility index (Phi) is 4.91. The van der Waals surface area contributed by atoms with Crippen molar-refractivity contribution in [3.8, 4) is 0 Å². The van der Waals surface area contributed by atoms with Gasteiger partial charge in [0.2, 0.25) is 5.91 Å². The van der Waals surface area contributed by atoms with E-state index in [4.69, 9.17) is 11.6 Å². The van der Waals surface area contributed by atoms with Gasteiger partial charge in [0.25, 0.3) is 5.91 Å². The fraction of sp³-hybridized carbons (Fsp3) is 0.167. The summed E-state index contributed by atoms with van der Waals surface area (Å²) in [5.74, 6) is -0.145. The third-order valence-electron chi connectivity index (χ3n) is 3.59. The number of hydrogen-bond acceptors (Lipinski definition) is 3. The van der Waals surface area contributed by atoms with E-state index in [0.717, 1.165) is 18.4 Å². The summed E-state index contributed by atoms with van der Waals surface area (Å²) in [5.41, 5.74) is 4.46. The van der Waals surface area contributed by atoms with Gasteiger partial charge in [0.05, 0.1) is 6.21 Å². The van der Waals surface area contributed by atoms with Crippen LogP contribution in [-0.4, -0.2) is 18.0 Å². The van der Waals surface area contributed by atoms with Crippen molar-refractivity contribution in [1.82, 2.24) is 5.43 Å². The monoisotopic (exact) mass is 341 g/mol. The van der Waals surface area contributed by atoms with Gasteiger partial charge in [0.1, 0.15) is 0 Å². The predicted octanol–water partition coefficient (Wildman–Crippen LogP) is 3.45. The SMILES string of the molecule is O=C(Nc1cccc(/C=N/NC(=O)C2CC2)c1)c1ccc(Cl)cc1. The second-order valence-electron chi connectivity index (χ2n) is 5.60. The van der Waals surface area contributed by atoms with Gasteiger partial charge in [-0.3, -0.25) is 9.59 Å². The zero-order chi connectivity index (χ0) is 16.9. The molecule has 0 radical (unpaired) electrons. The zero-order valence-corrected chi connectivity index (χ0v) is 13.6. The van der Waals surface area contributed by atoms with Crippen molar-refractivity contribution in [3.63, 3.8) is 0 Å². The van der Waals surface area contributed by atoms with Crippen molar-refractivity contribution in [2.75, 3.05) is 5.32 Å². The Morgan fingerprint density at radius 3 is 2.58 bits per heavy atom. The molecule has 6 heteroatoms. The molecule has 2 aromatic rings. The molecule has 0 atom stereocenters. The van der Waals surface area contributed by atoms with Gasteiger partial charge in [0, 0.05) is 22.2 Å². The van der Waals surface area contributed by atoms with Gasteiger partial charge in [-0.2, -0.15) is 5.10 Å². The first-order valence-electron chi connectivity index (χ1n) is 7.62. The maximum absolute atomic E-state index is 12.2. The van der Waals surface area contributed by atoms with Crippen molar-refractivity contribution in [2.24, 2.45) is 11.0 Å². The van der Waals surface area contributed by atoms with E-state index < -0.39 is 0 Å². The molecule has 1 aliphatic carbocycles. The number of carbonyl (C=O) groups excluding carboxylic acids is 2. The van der Waals surface area contributed by atoms with Crippen LogP contribution in [0.15, 0.2) is 53.6 Å². The van der Waals surface area contributed by atoms with E-state index in [0.29, 0.717) is 16.3 Å². The van der Waals surface area contributed by atoms with Crippen LogP contribution < -0.4 is 10.7 Å². The first-order chi connectivity index (χ1) is 11.6. The third kappa shape index (κ3) is 4.43. The Morgan fingerprint density at radius 1 is 1.12 bits per heavy atom. The molecule has 5 nitrogen and oxygen atoms in total. The molecular weight excluding hydrogens is 326 g/mol. The number of rotatable bonds is 5. The number of anilines is 1. The minimum atomic E-state index is -0.220. The summed E-state index contributed by atoms with van der Waals surface area (Å²) in [6, 6.07) is 13.9. The molecule has 0 spiro atoms. The zero-order valence-electron chi connectivity index (χ0n) is 12.8. The average molecular weight is 342 g/mol. The van der Waals surface area contributed by atoms with Crippen molar-refractivity contribution < 1.29 is 9.59 Å². The van der Waals surface area contributed by atoms with Crippen LogP contribution in [0.4, 0.5) is 5.69 Å². The smallest absolute Gasteiger partial charge is 0.255 e. The second-order valence-corrected chi connectivity index (χ2v) is 6.03. The van der Waals surface area contributed by atoms with E-state index in [1.165, 1.54) is 0 Å². The number of nitrogens with one attached hydrogen (secondary N) is 2. The number of carbonyl (C=O) groups is 2. The highest BCUT2D eigenvalue weighted by Gasteiger charge is 2.29. The molecule has 1 aliphatic rings. The van der Waals surface area contributed by atoms with E-state index in [9.17, 15) is 9.59 Å². The molecule has 0 aromatic heterocycles. The number of hydrazone groups is 1. The molecule has 0 unspecified atom stereocenters. The molecule has 0 bridgehead atoms. The Hall–Kier alpha value is -2.66. The van der Waals surface area contributed by atoms with E-state index in [-0.39, 0.29) is 17.7 Å². The minimum absolute atomic E-state index is 0.0431. The van der Waals surface area contributed by atoms with Gasteiger partial charge in [-0.1, -0.05) is 23.7 Å². The number of amides is 2. The molecule has 3 rings (SSSR count). The standard InChI is InChI=1S/C18H16ClN3O2/c19-15-8-6-13(7-9-15)17(23)21-16-3-1-2-12(10-16)11-20-22-18(24)14-4-5-14/h1-3,6-11,14H,4-5H2,(H,21,23)(H,22,24)/b20-11+. The number of hydrogen-bond donors (Lipinski definition) is 2. The van der Waals surface area contributed by atoms with Gasteiger partial charge in [0.15, 0.2) is 0 Å². The van der Waals surface area contributed by atoms with Gasteiger partial charge >= 0.3 is 0 Å². The molecule has 0 heterocycles. The number of nitrogens with zero attached hydrogens (tertiary/aromatic N) is 1. The van der Waals surface area contributed by atoms with E-state index in [2.05, 4.69) is 15.8 Å². The molecule has 2 aromatic carbocycles. The van der Waals surface area contributed by atoms with E-state index >= 15 is 0 Å². The molecular formula is C18H16ClN3O2. The van der Waals surface area contributed by atoms with Crippen molar-refractivity contribution in [1.29, 1.82) is 0 Å². The number of halogens is 1. The molecule has 1 saturated carbocycles. The summed E-state index contributed by atoms with van der Waals surface area (Å²) in [7, 11) is 0. The fourth-order valence-corrected chi connectivity index (χ4v) is 2.23. The Morgan fingerprint density at radius 2 is 1.88 bits per heavy atom. The van der Waals surface area contributed by atoms with Crippen LogP contribution >= 0.6 is 11.6 Å². The summed E-state index contributed by atoms with van der Waals surface area (Å²) in [5, 5.41) is 7.33. The highest BCUT2D eigenvalue weighted by atomic mass is 35.5. The average Bonchev–Trinajstić information content (AvgIpc) is 3.41. The van der Waals surface area contributed by atoms with E-state index in [1.54, 1.807) is 42.6 Å².